The number of hydrogen-bond donors (Lipinski definition) is 0. The highest BCUT2D eigenvalue weighted by Gasteiger charge is 2.17. The Morgan fingerprint density at radius 3 is 1.00 bits per heavy atom. The lowest BCUT2D eigenvalue weighted by molar-refractivity contribution is -0.149. The van der Waals surface area contributed by atoms with Crippen LogP contribution in [0, 0.1) is 0 Å². The molecule has 0 bridgehead atoms. The molecule has 0 aromatic heterocycles. The van der Waals surface area contributed by atoms with E-state index in [-0.39, 0.29) is 76.5 Å². The highest BCUT2D eigenvalue weighted by molar-refractivity contribution is 8.76. The Hall–Kier alpha value is -1.50. The van der Waals surface area contributed by atoms with E-state index in [1.54, 1.807) is 59.1 Å². The van der Waals surface area contributed by atoms with Crippen LogP contribution in [-0.2, 0) is 38.1 Å². The zero-order chi connectivity index (χ0) is 24.2. The Balaban J connectivity index is 4.43. The summed E-state index contributed by atoms with van der Waals surface area (Å²) in [6.45, 7) is 9.13. The van der Waals surface area contributed by atoms with Gasteiger partial charge in [-0.25, -0.2) is 0 Å². The van der Waals surface area contributed by atoms with Crippen molar-refractivity contribution in [2.75, 3.05) is 77.2 Å². The minimum Gasteiger partial charge on any atom is -0.465 e. The number of carbonyl (C=O) groups is 4. The van der Waals surface area contributed by atoms with Gasteiger partial charge in [0.25, 0.3) is 0 Å². The van der Waals surface area contributed by atoms with Gasteiger partial charge in [-0.3, -0.25) is 29.0 Å². The summed E-state index contributed by atoms with van der Waals surface area (Å²) in [4.78, 5) is 50.4. The molecule has 0 heterocycles. The quantitative estimate of drug-likeness (QED) is 0.111. The molecule has 0 radical (unpaired) electrons. The molecule has 0 spiro atoms. The number of hydrogen-bond acceptors (Lipinski definition) is 12. The molecule has 0 N–H and O–H groups in total. The Bertz CT molecular complexity index is 478. The first-order valence-corrected chi connectivity index (χ1v) is 13.2. The Labute approximate surface area is 198 Å². The van der Waals surface area contributed by atoms with Gasteiger partial charge in [-0.05, 0) is 27.7 Å². The lowest BCUT2D eigenvalue weighted by atomic mass is 10.4. The molecule has 0 fully saturated rings. The van der Waals surface area contributed by atoms with E-state index in [0.717, 1.165) is 0 Å². The van der Waals surface area contributed by atoms with Gasteiger partial charge in [-0.1, -0.05) is 21.6 Å². The van der Waals surface area contributed by atoms with Crippen LogP contribution in [0.5, 0.6) is 0 Å². The Morgan fingerprint density at radius 2 is 0.781 bits per heavy atom. The van der Waals surface area contributed by atoms with E-state index in [1.807, 2.05) is 0 Å². The van der Waals surface area contributed by atoms with E-state index >= 15 is 0 Å². The molecule has 186 valence electrons. The molecule has 0 aliphatic heterocycles. The molecule has 0 aliphatic rings. The van der Waals surface area contributed by atoms with E-state index in [4.69, 9.17) is 18.9 Å². The highest BCUT2D eigenvalue weighted by atomic mass is 33.1. The first-order chi connectivity index (χ1) is 15.4. The number of rotatable bonds is 19. The van der Waals surface area contributed by atoms with Gasteiger partial charge in [-0.2, -0.15) is 0 Å². The minimum absolute atomic E-state index is 0.0186. The smallest absolute Gasteiger partial charge is 0.320 e. The van der Waals surface area contributed by atoms with Gasteiger partial charge in [0.1, 0.15) is 0 Å². The fourth-order valence-electron chi connectivity index (χ4n) is 2.44. The number of nitrogens with zero attached hydrogens (tertiary/aromatic N) is 2. The zero-order valence-electron chi connectivity index (χ0n) is 19.5. The lowest BCUT2D eigenvalue weighted by Gasteiger charge is -2.21. The third-order valence-electron chi connectivity index (χ3n) is 3.70. The molecule has 0 aromatic rings. The third-order valence-corrected chi connectivity index (χ3v) is 6.06. The molecular weight excluding hydrogens is 460 g/mol. The number of carbonyl (C=O) groups excluding carboxylic acids is 4. The monoisotopic (exact) mass is 496 g/mol. The normalized spacial score (nSPS) is 10.8. The SMILES string of the molecule is CCOC(=O)CN(CCSSCCN(CC(=O)OCC)CC(=O)OCC)CC(=O)OCC. The average molecular weight is 497 g/mol. The maximum Gasteiger partial charge on any atom is 0.320 e. The van der Waals surface area contributed by atoms with Gasteiger partial charge < -0.3 is 18.9 Å². The molecule has 0 amide bonds. The maximum absolute atomic E-state index is 11.8. The second-order valence-electron chi connectivity index (χ2n) is 6.29. The largest absolute Gasteiger partial charge is 0.465 e. The van der Waals surface area contributed by atoms with Crippen LogP contribution in [0.3, 0.4) is 0 Å². The zero-order valence-corrected chi connectivity index (χ0v) is 21.1. The van der Waals surface area contributed by atoms with Crippen molar-refractivity contribution < 1.29 is 38.1 Å². The second-order valence-corrected chi connectivity index (χ2v) is 8.99. The van der Waals surface area contributed by atoms with E-state index in [1.165, 1.54) is 0 Å². The minimum atomic E-state index is -0.386. The number of ether oxygens (including phenoxy) is 4. The molecule has 0 saturated heterocycles. The fraction of sp³-hybridized carbons (Fsp3) is 0.800. The molecular formula is C20H36N2O8S2. The van der Waals surface area contributed by atoms with Crippen molar-refractivity contribution in [2.24, 2.45) is 0 Å². The molecule has 0 aliphatic carbocycles. The van der Waals surface area contributed by atoms with Gasteiger partial charge >= 0.3 is 23.9 Å². The van der Waals surface area contributed by atoms with Gasteiger partial charge in [0.2, 0.25) is 0 Å². The van der Waals surface area contributed by atoms with E-state index < -0.39 is 0 Å². The van der Waals surface area contributed by atoms with Gasteiger partial charge in [-0.15, -0.1) is 0 Å². The van der Waals surface area contributed by atoms with Crippen molar-refractivity contribution in [3.05, 3.63) is 0 Å². The van der Waals surface area contributed by atoms with Crippen LogP contribution in [0.1, 0.15) is 27.7 Å². The topological polar surface area (TPSA) is 112 Å². The lowest BCUT2D eigenvalue weighted by Crippen LogP contribution is -2.38. The summed E-state index contributed by atoms with van der Waals surface area (Å²) >= 11 is 0. The molecule has 32 heavy (non-hydrogen) atoms. The van der Waals surface area contributed by atoms with Gasteiger partial charge in [0.15, 0.2) is 0 Å². The van der Waals surface area contributed by atoms with Gasteiger partial charge in [0.05, 0.1) is 52.6 Å². The third kappa shape index (κ3) is 17.1. The van der Waals surface area contributed by atoms with Crippen LogP contribution in [-0.4, -0.2) is 111 Å². The molecule has 0 atom stereocenters. The van der Waals surface area contributed by atoms with Crippen molar-refractivity contribution in [1.29, 1.82) is 0 Å². The molecule has 0 saturated carbocycles. The first kappa shape index (κ1) is 30.5. The molecule has 10 nitrogen and oxygen atoms in total. The first-order valence-electron chi connectivity index (χ1n) is 10.7. The van der Waals surface area contributed by atoms with Crippen molar-refractivity contribution in [2.45, 2.75) is 27.7 Å². The summed E-state index contributed by atoms with van der Waals surface area (Å²) < 4.78 is 19.8. The van der Waals surface area contributed by atoms with Crippen LogP contribution >= 0.6 is 21.6 Å². The van der Waals surface area contributed by atoms with Crippen molar-refractivity contribution in [1.82, 2.24) is 9.80 Å². The Morgan fingerprint density at radius 1 is 0.531 bits per heavy atom. The van der Waals surface area contributed by atoms with Crippen LogP contribution in [0.4, 0.5) is 0 Å². The standard InChI is InChI=1S/C20H36N2O8S2/c1-5-27-17(23)13-21(14-18(24)28-6-2)9-11-31-32-12-10-22(15-19(25)29-7-3)16-20(26)30-8-4/h5-16H2,1-4H3. The van der Waals surface area contributed by atoms with Crippen molar-refractivity contribution >= 4 is 45.5 Å². The summed E-state index contributed by atoms with van der Waals surface area (Å²) in [7, 11) is 3.15. The van der Waals surface area contributed by atoms with E-state index in [0.29, 0.717) is 24.6 Å². The molecule has 12 heteroatoms. The second kappa shape index (κ2) is 20.1. The summed E-state index contributed by atoms with van der Waals surface area (Å²) in [5, 5.41) is 0. The Kier molecular flexibility index (Phi) is 19.2. The van der Waals surface area contributed by atoms with Crippen LogP contribution < -0.4 is 0 Å². The van der Waals surface area contributed by atoms with Gasteiger partial charge in [0, 0.05) is 24.6 Å². The van der Waals surface area contributed by atoms with Crippen LogP contribution in [0.25, 0.3) is 0 Å². The highest BCUT2D eigenvalue weighted by Crippen LogP contribution is 2.21. The van der Waals surface area contributed by atoms with Crippen LogP contribution in [0.2, 0.25) is 0 Å². The van der Waals surface area contributed by atoms with E-state index in [9.17, 15) is 19.2 Å². The summed E-state index contributed by atoms with van der Waals surface area (Å²) in [5.74, 6) is -0.213. The molecule has 0 unspecified atom stereocenters. The summed E-state index contributed by atoms with van der Waals surface area (Å²) in [6, 6.07) is 0. The molecule has 0 rings (SSSR count). The number of esters is 4. The molecule has 0 aromatic carbocycles. The van der Waals surface area contributed by atoms with Crippen molar-refractivity contribution in [3.8, 4) is 0 Å². The van der Waals surface area contributed by atoms with Crippen molar-refractivity contribution in [3.63, 3.8) is 0 Å². The maximum atomic E-state index is 11.8. The average Bonchev–Trinajstić information content (AvgIpc) is 2.70. The summed E-state index contributed by atoms with van der Waals surface area (Å²) in [6.07, 6.45) is 0. The predicted molar refractivity (Wildman–Crippen MR) is 124 cm³/mol. The van der Waals surface area contributed by atoms with E-state index in [2.05, 4.69) is 0 Å². The predicted octanol–water partition coefficient (Wildman–Crippen LogP) is 1.22. The summed E-state index contributed by atoms with van der Waals surface area (Å²) in [5.41, 5.74) is 0. The van der Waals surface area contributed by atoms with Crippen LogP contribution in [0.15, 0.2) is 0 Å². The fourth-order valence-corrected chi connectivity index (χ4v) is 4.49.